The summed E-state index contributed by atoms with van der Waals surface area (Å²) in [5.41, 5.74) is 3.06. The van der Waals surface area contributed by atoms with Crippen molar-refractivity contribution in [2.75, 3.05) is 0 Å². The SMILES string of the molecule is O=C(NCc1ccnc(-c2cccnc2)c1)c1cc(C2CC2)on1. The summed E-state index contributed by atoms with van der Waals surface area (Å²) in [7, 11) is 0. The van der Waals surface area contributed by atoms with Crippen LogP contribution >= 0.6 is 0 Å². The standard InChI is InChI=1S/C18H16N4O2/c23-18(16-9-17(24-22-16)13-3-4-13)21-10-12-5-7-20-15(8-12)14-2-1-6-19-11-14/h1-2,5-9,11,13H,3-4,10H2,(H,21,23). The molecule has 120 valence electrons. The van der Waals surface area contributed by atoms with E-state index in [9.17, 15) is 4.79 Å². The van der Waals surface area contributed by atoms with E-state index in [1.165, 1.54) is 0 Å². The molecule has 1 N–H and O–H groups in total. The van der Waals surface area contributed by atoms with Crippen molar-refractivity contribution < 1.29 is 9.32 Å². The first kappa shape index (κ1) is 14.6. The Labute approximate surface area is 138 Å². The Morgan fingerprint density at radius 1 is 1.25 bits per heavy atom. The highest BCUT2D eigenvalue weighted by molar-refractivity contribution is 5.92. The van der Waals surface area contributed by atoms with E-state index < -0.39 is 0 Å². The maximum absolute atomic E-state index is 12.2. The van der Waals surface area contributed by atoms with Gasteiger partial charge in [0.05, 0.1) is 5.69 Å². The van der Waals surface area contributed by atoms with Gasteiger partial charge in [-0.2, -0.15) is 0 Å². The van der Waals surface area contributed by atoms with Crippen molar-refractivity contribution in [3.8, 4) is 11.3 Å². The van der Waals surface area contributed by atoms with E-state index in [0.29, 0.717) is 18.2 Å². The largest absolute Gasteiger partial charge is 0.360 e. The molecule has 0 saturated heterocycles. The Morgan fingerprint density at radius 3 is 2.96 bits per heavy atom. The lowest BCUT2D eigenvalue weighted by molar-refractivity contribution is 0.0941. The second-order valence-electron chi connectivity index (χ2n) is 5.86. The van der Waals surface area contributed by atoms with Crippen LogP contribution in [0.1, 0.15) is 40.6 Å². The summed E-state index contributed by atoms with van der Waals surface area (Å²) in [6.07, 6.45) is 7.45. The third-order valence-corrected chi connectivity index (χ3v) is 3.98. The Morgan fingerprint density at radius 2 is 2.17 bits per heavy atom. The fourth-order valence-corrected chi connectivity index (χ4v) is 2.49. The van der Waals surface area contributed by atoms with Crippen LogP contribution in [0, 0.1) is 0 Å². The zero-order chi connectivity index (χ0) is 16.4. The number of carbonyl (C=O) groups excluding carboxylic acids is 1. The smallest absolute Gasteiger partial charge is 0.273 e. The summed E-state index contributed by atoms with van der Waals surface area (Å²) in [6.45, 7) is 0.403. The van der Waals surface area contributed by atoms with E-state index in [2.05, 4.69) is 20.4 Å². The predicted octanol–water partition coefficient (Wildman–Crippen LogP) is 2.94. The minimum absolute atomic E-state index is 0.231. The van der Waals surface area contributed by atoms with Crippen molar-refractivity contribution in [3.63, 3.8) is 0 Å². The van der Waals surface area contributed by atoms with E-state index in [1.54, 1.807) is 24.7 Å². The summed E-state index contributed by atoms with van der Waals surface area (Å²) in [5.74, 6) is 1.02. The van der Waals surface area contributed by atoms with Crippen molar-refractivity contribution in [2.24, 2.45) is 0 Å². The zero-order valence-electron chi connectivity index (χ0n) is 13.0. The topological polar surface area (TPSA) is 80.9 Å². The van der Waals surface area contributed by atoms with Crippen molar-refractivity contribution in [3.05, 3.63) is 65.9 Å². The van der Waals surface area contributed by atoms with Crippen molar-refractivity contribution in [1.82, 2.24) is 20.4 Å². The summed E-state index contributed by atoms with van der Waals surface area (Å²) in [6, 6.07) is 9.37. The number of hydrogen-bond donors (Lipinski definition) is 1. The number of hydrogen-bond acceptors (Lipinski definition) is 5. The van der Waals surface area contributed by atoms with Gasteiger partial charge in [0.1, 0.15) is 5.76 Å². The molecule has 0 aromatic carbocycles. The van der Waals surface area contributed by atoms with Gasteiger partial charge in [-0.15, -0.1) is 0 Å². The molecule has 1 aliphatic rings. The van der Waals surface area contributed by atoms with Crippen LogP contribution in [0.15, 0.2) is 53.4 Å². The normalized spacial score (nSPS) is 13.7. The Bertz CT molecular complexity index is 856. The average molecular weight is 320 g/mol. The third-order valence-electron chi connectivity index (χ3n) is 3.98. The van der Waals surface area contributed by atoms with Gasteiger partial charge in [-0.1, -0.05) is 5.16 Å². The zero-order valence-corrected chi connectivity index (χ0v) is 13.0. The molecule has 1 aliphatic carbocycles. The number of carbonyl (C=O) groups is 1. The van der Waals surface area contributed by atoms with Crippen molar-refractivity contribution in [2.45, 2.75) is 25.3 Å². The minimum Gasteiger partial charge on any atom is -0.360 e. The monoisotopic (exact) mass is 320 g/mol. The Kier molecular flexibility index (Phi) is 3.78. The van der Waals surface area contributed by atoms with Gasteiger partial charge in [0.25, 0.3) is 5.91 Å². The highest BCUT2D eigenvalue weighted by atomic mass is 16.5. The van der Waals surface area contributed by atoms with Crippen molar-refractivity contribution in [1.29, 1.82) is 0 Å². The molecule has 0 bridgehead atoms. The van der Waals surface area contributed by atoms with Gasteiger partial charge in [-0.05, 0) is 42.7 Å². The van der Waals surface area contributed by atoms with Gasteiger partial charge in [0, 0.05) is 42.7 Å². The molecule has 3 heterocycles. The van der Waals surface area contributed by atoms with Crippen LogP contribution in [-0.2, 0) is 6.54 Å². The number of nitrogens with zero attached hydrogens (tertiary/aromatic N) is 3. The van der Waals surface area contributed by atoms with E-state index in [1.807, 2.05) is 24.3 Å². The Balaban J connectivity index is 1.42. The average Bonchev–Trinajstić information content (AvgIpc) is 3.37. The molecule has 1 amide bonds. The van der Waals surface area contributed by atoms with Crippen LogP contribution in [0.3, 0.4) is 0 Å². The number of aromatic nitrogens is 3. The molecule has 0 aliphatic heterocycles. The van der Waals surface area contributed by atoms with Gasteiger partial charge in [-0.25, -0.2) is 0 Å². The van der Waals surface area contributed by atoms with Gasteiger partial charge in [0.2, 0.25) is 0 Å². The fraction of sp³-hybridized carbons (Fsp3) is 0.222. The lowest BCUT2D eigenvalue weighted by Crippen LogP contribution is -2.23. The quantitative estimate of drug-likeness (QED) is 0.781. The molecule has 3 aromatic heterocycles. The van der Waals surface area contributed by atoms with Crippen LogP contribution in [0.25, 0.3) is 11.3 Å². The molecular weight excluding hydrogens is 304 g/mol. The third kappa shape index (κ3) is 3.17. The van der Waals surface area contributed by atoms with Gasteiger partial charge >= 0.3 is 0 Å². The maximum Gasteiger partial charge on any atom is 0.273 e. The number of pyridine rings is 2. The highest BCUT2D eigenvalue weighted by Gasteiger charge is 2.28. The fourth-order valence-electron chi connectivity index (χ4n) is 2.49. The highest BCUT2D eigenvalue weighted by Crippen LogP contribution is 2.40. The Hall–Kier alpha value is -3.02. The molecule has 0 radical (unpaired) electrons. The number of amides is 1. The molecule has 1 saturated carbocycles. The number of nitrogens with one attached hydrogen (secondary N) is 1. The van der Waals surface area contributed by atoms with Gasteiger partial charge in [-0.3, -0.25) is 14.8 Å². The lowest BCUT2D eigenvalue weighted by atomic mass is 10.1. The second kappa shape index (κ2) is 6.23. The first-order chi connectivity index (χ1) is 11.8. The molecule has 6 nitrogen and oxygen atoms in total. The predicted molar refractivity (Wildman–Crippen MR) is 87.1 cm³/mol. The first-order valence-electron chi connectivity index (χ1n) is 7.90. The molecule has 3 aromatic rings. The second-order valence-corrected chi connectivity index (χ2v) is 5.86. The summed E-state index contributed by atoms with van der Waals surface area (Å²) in [5, 5.41) is 6.71. The molecule has 0 unspecified atom stereocenters. The van der Waals surface area contributed by atoms with E-state index >= 15 is 0 Å². The molecule has 0 spiro atoms. The molecule has 0 atom stereocenters. The van der Waals surface area contributed by atoms with Crippen LogP contribution < -0.4 is 5.32 Å². The lowest BCUT2D eigenvalue weighted by Gasteiger charge is -2.05. The minimum atomic E-state index is -0.231. The van der Waals surface area contributed by atoms with Gasteiger partial charge < -0.3 is 9.84 Å². The van der Waals surface area contributed by atoms with Crippen LogP contribution in [0.2, 0.25) is 0 Å². The number of rotatable bonds is 5. The van der Waals surface area contributed by atoms with Crippen molar-refractivity contribution >= 4 is 5.91 Å². The van der Waals surface area contributed by atoms with E-state index in [4.69, 9.17) is 4.52 Å². The maximum atomic E-state index is 12.2. The summed E-state index contributed by atoms with van der Waals surface area (Å²) < 4.78 is 5.21. The summed E-state index contributed by atoms with van der Waals surface area (Å²) in [4.78, 5) is 20.6. The van der Waals surface area contributed by atoms with Crippen LogP contribution in [-0.4, -0.2) is 21.0 Å². The molecule has 24 heavy (non-hydrogen) atoms. The van der Waals surface area contributed by atoms with E-state index in [0.717, 1.165) is 35.4 Å². The van der Waals surface area contributed by atoms with Gasteiger partial charge in [0.15, 0.2) is 5.69 Å². The van der Waals surface area contributed by atoms with Crippen LogP contribution in [0.4, 0.5) is 0 Å². The molecule has 6 heteroatoms. The first-order valence-corrected chi connectivity index (χ1v) is 7.90. The molecule has 4 rings (SSSR count). The van der Waals surface area contributed by atoms with E-state index in [-0.39, 0.29) is 5.91 Å². The summed E-state index contributed by atoms with van der Waals surface area (Å²) >= 11 is 0. The molecule has 1 fully saturated rings. The molecular formula is C18H16N4O2. The van der Waals surface area contributed by atoms with Crippen LogP contribution in [0.5, 0.6) is 0 Å².